The molecule has 2 N–H and O–H groups in total. The summed E-state index contributed by atoms with van der Waals surface area (Å²) in [6.07, 6.45) is 1.08. The summed E-state index contributed by atoms with van der Waals surface area (Å²) in [5.41, 5.74) is 3.95. The first-order valence-corrected chi connectivity index (χ1v) is 4.75. The molecular weight excluding hydrogens is 162 g/mol. The van der Waals surface area contributed by atoms with Crippen LogP contribution in [0.3, 0.4) is 0 Å². The summed E-state index contributed by atoms with van der Waals surface area (Å²) < 4.78 is 0. The van der Waals surface area contributed by atoms with Crippen LogP contribution in [0.25, 0.3) is 0 Å². The average Bonchev–Trinajstić information content (AvgIpc) is 2.16. The van der Waals surface area contributed by atoms with Crippen LogP contribution in [-0.4, -0.2) is 18.3 Å². The van der Waals surface area contributed by atoms with Gasteiger partial charge in [0.2, 0.25) is 0 Å². The molecule has 0 spiro atoms. The number of fused-ring (bicyclic) bond motifs is 1. The van der Waals surface area contributed by atoms with Gasteiger partial charge in [-0.3, -0.25) is 0 Å². The van der Waals surface area contributed by atoms with Crippen molar-refractivity contribution in [2.45, 2.75) is 19.4 Å². The summed E-state index contributed by atoms with van der Waals surface area (Å²) in [5, 5.41) is 12.4. The van der Waals surface area contributed by atoms with E-state index in [1.54, 1.807) is 0 Å². The lowest BCUT2D eigenvalue weighted by atomic mass is 9.93. The lowest BCUT2D eigenvalue weighted by Crippen LogP contribution is -2.32. The maximum Gasteiger partial charge on any atom is 0.0626 e. The molecule has 1 aliphatic rings. The number of rotatable bonds is 1. The number of hydrogen-bond acceptors (Lipinski definition) is 2. The van der Waals surface area contributed by atoms with E-state index in [0.717, 1.165) is 13.0 Å². The summed E-state index contributed by atoms with van der Waals surface area (Å²) in [6.45, 7) is 3.27. The van der Waals surface area contributed by atoms with Gasteiger partial charge in [0.25, 0.3) is 0 Å². The minimum absolute atomic E-state index is 0.143. The molecule has 0 amide bonds. The van der Waals surface area contributed by atoms with Gasteiger partial charge < -0.3 is 10.4 Å². The van der Waals surface area contributed by atoms with Crippen molar-refractivity contribution in [3.63, 3.8) is 0 Å². The van der Waals surface area contributed by atoms with Gasteiger partial charge in [0, 0.05) is 0 Å². The molecular formula is C11H15NO. The van der Waals surface area contributed by atoms with Crippen LogP contribution in [0, 0.1) is 6.92 Å². The molecule has 1 aliphatic heterocycles. The highest BCUT2D eigenvalue weighted by atomic mass is 16.3. The van der Waals surface area contributed by atoms with Gasteiger partial charge in [0.1, 0.15) is 0 Å². The SMILES string of the molecule is Cc1ccc2c(c1)CCN[C@@H]2CO. The van der Waals surface area contributed by atoms with Gasteiger partial charge in [0.15, 0.2) is 0 Å². The Hall–Kier alpha value is -0.860. The van der Waals surface area contributed by atoms with Crippen molar-refractivity contribution >= 4 is 0 Å². The molecule has 1 aromatic rings. The van der Waals surface area contributed by atoms with E-state index < -0.39 is 0 Å². The van der Waals surface area contributed by atoms with Gasteiger partial charge in [-0.05, 0) is 31.0 Å². The summed E-state index contributed by atoms with van der Waals surface area (Å²) in [7, 11) is 0. The smallest absolute Gasteiger partial charge is 0.0626 e. The van der Waals surface area contributed by atoms with Gasteiger partial charge >= 0.3 is 0 Å². The predicted octanol–water partition coefficient (Wildman–Crippen LogP) is 1.17. The first kappa shape index (κ1) is 8.73. The van der Waals surface area contributed by atoms with E-state index in [4.69, 9.17) is 5.11 Å². The van der Waals surface area contributed by atoms with Crippen LogP contribution in [0.2, 0.25) is 0 Å². The van der Waals surface area contributed by atoms with E-state index in [2.05, 4.69) is 30.4 Å². The van der Waals surface area contributed by atoms with E-state index in [1.807, 2.05) is 0 Å². The summed E-state index contributed by atoms with van der Waals surface area (Å²) >= 11 is 0. The van der Waals surface area contributed by atoms with Crippen LogP contribution in [-0.2, 0) is 6.42 Å². The molecule has 2 rings (SSSR count). The summed E-state index contributed by atoms with van der Waals surface area (Å²) in [5.74, 6) is 0. The molecule has 0 saturated heterocycles. The summed E-state index contributed by atoms with van der Waals surface area (Å²) in [6, 6.07) is 6.59. The first-order chi connectivity index (χ1) is 6.31. The van der Waals surface area contributed by atoms with Crippen molar-refractivity contribution in [1.82, 2.24) is 5.32 Å². The third-order valence-electron chi connectivity index (χ3n) is 2.64. The second kappa shape index (κ2) is 3.48. The van der Waals surface area contributed by atoms with Crippen molar-refractivity contribution in [2.24, 2.45) is 0 Å². The van der Waals surface area contributed by atoms with Gasteiger partial charge in [-0.25, -0.2) is 0 Å². The zero-order chi connectivity index (χ0) is 9.26. The van der Waals surface area contributed by atoms with E-state index in [0.29, 0.717) is 0 Å². The predicted molar refractivity (Wildman–Crippen MR) is 52.7 cm³/mol. The van der Waals surface area contributed by atoms with Crippen molar-refractivity contribution in [1.29, 1.82) is 0 Å². The van der Waals surface area contributed by atoms with Crippen molar-refractivity contribution < 1.29 is 5.11 Å². The van der Waals surface area contributed by atoms with Crippen molar-refractivity contribution in [2.75, 3.05) is 13.2 Å². The lowest BCUT2D eigenvalue weighted by Gasteiger charge is -2.25. The van der Waals surface area contributed by atoms with Gasteiger partial charge in [-0.15, -0.1) is 0 Å². The second-order valence-corrected chi connectivity index (χ2v) is 3.64. The number of nitrogens with one attached hydrogen (secondary N) is 1. The maximum absolute atomic E-state index is 9.14. The summed E-state index contributed by atoms with van der Waals surface area (Å²) in [4.78, 5) is 0. The van der Waals surface area contributed by atoms with Gasteiger partial charge in [0.05, 0.1) is 12.6 Å². The molecule has 2 nitrogen and oxygen atoms in total. The molecule has 0 unspecified atom stereocenters. The fourth-order valence-corrected chi connectivity index (χ4v) is 1.94. The van der Waals surface area contributed by atoms with E-state index in [9.17, 15) is 0 Å². The van der Waals surface area contributed by atoms with Crippen molar-refractivity contribution in [3.8, 4) is 0 Å². The topological polar surface area (TPSA) is 32.3 Å². The number of hydrogen-bond donors (Lipinski definition) is 2. The molecule has 0 bridgehead atoms. The van der Waals surface area contributed by atoms with Gasteiger partial charge in [-0.2, -0.15) is 0 Å². The Bertz CT molecular complexity index is 309. The molecule has 1 atom stereocenters. The minimum atomic E-state index is 0.143. The average molecular weight is 177 g/mol. The zero-order valence-corrected chi connectivity index (χ0v) is 7.88. The monoisotopic (exact) mass is 177 g/mol. The highest BCUT2D eigenvalue weighted by Crippen LogP contribution is 2.23. The Labute approximate surface area is 78.6 Å². The number of benzene rings is 1. The largest absolute Gasteiger partial charge is 0.394 e. The molecule has 0 saturated carbocycles. The standard InChI is InChI=1S/C11H15NO/c1-8-2-3-10-9(6-8)4-5-12-11(10)7-13/h2-3,6,11-13H,4-5,7H2,1H3/t11-/m1/s1. The second-order valence-electron chi connectivity index (χ2n) is 3.64. The molecule has 2 heteroatoms. The van der Waals surface area contributed by atoms with E-state index >= 15 is 0 Å². The van der Waals surface area contributed by atoms with Crippen LogP contribution >= 0.6 is 0 Å². The molecule has 13 heavy (non-hydrogen) atoms. The number of aliphatic hydroxyl groups excluding tert-OH is 1. The van der Waals surface area contributed by atoms with Crippen LogP contribution in [0.5, 0.6) is 0 Å². The fraction of sp³-hybridized carbons (Fsp3) is 0.455. The van der Waals surface area contributed by atoms with E-state index in [-0.39, 0.29) is 12.6 Å². The minimum Gasteiger partial charge on any atom is -0.394 e. The van der Waals surface area contributed by atoms with Crippen LogP contribution in [0.1, 0.15) is 22.7 Å². The van der Waals surface area contributed by atoms with E-state index in [1.165, 1.54) is 16.7 Å². The fourth-order valence-electron chi connectivity index (χ4n) is 1.94. The molecule has 1 aromatic carbocycles. The normalized spacial score (nSPS) is 21.2. The molecule has 0 fully saturated rings. The van der Waals surface area contributed by atoms with Crippen LogP contribution in [0.4, 0.5) is 0 Å². The molecule has 0 aromatic heterocycles. The quantitative estimate of drug-likeness (QED) is 0.675. The lowest BCUT2D eigenvalue weighted by molar-refractivity contribution is 0.240. The molecule has 1 heterocycles. The van der Waals surface area contributed by atoms with Gasteiger partial charge in [-0.1, -0.05) is 23.8 Å². The molecule has 0 radical (unpaired) electrons. The Balaban J connectivity index is 2.40. The first-order valence-electron chi connectivity index (χ1n) is 4.75. The number of aliphatic hydroxyl groups is 1. The Morgan fingerprint density at radius 2 is 2.38 bits per heavy atom. The Morgan fingerprint density at radius 1 is 1.54 bits per heavy atom. The molecule has 70 valence electrons. The zero-order valence-electron chi connectivity index (χ0n) is 7.88. The highest BCUT2D eigenvalue weighted by Gasteiger charge is 2.17. The third kappa shape index (κ3) is 1.60. The highest BCUT2D eigenvalue weighted by molar-refractivity contribution is 5.35. The number of aryl methyl sites for hydroxylation is 1. The van der Waals surface area contributed by atoms with Crippen LogP contribution in [0.15, 0.2) is 18.2 Å². The maximum atomic E-state index is 9.14. The molecule has 0 aliphatic carbocycles. The van der Waals surface area contributed by atoms with Crippen LogP contribution < -0.4 is 5.32 Å². The third-order valence-corrected chi connectivity index (χ3v) is 2.64. The Kier molecular flexibility index (Phi) is 2.34. The Morgan fingerprint density at radius 3 is 3.15 bits per heavy atom. The van der Waals surface area contributed by atoms with Crippen molar-refractivity contribution in [3.05, 3.63) is 34.9 Å².